The minimum atomic E-state index is -3.30. The van der Waals surface area contributed by atoms with Gasteiger partial charge in [0.05, 0.1) is 57.7 Å². The molecule has 35 heteroatoms. The molecular weight excluding hydrogens is 1730 g/mol. The summed E-state index contributed by atoms with van der Waals surface area (Å²) in [6.45, 7) is 20.2. The van der Waals surface area contributed by atoms with Crippen molar-refractivity contribution < 1.29 is 64.3 Å². The smallest absolute Gasteiger partial charge is 0.255 e. The molecule has 4 saturated heterocycles. The number of halogens is 4. The zero-order chi connectivity index (χ0) is 94.9. The number of amides is 8. The van der Waals surface area contributed by atoms with Crippen LogP contribution in [-0.4, -0.2) is 242 Å². The molecule has 0 aliphatic carbocycles. The first kappa shape index (κ1) is 95.5. The molecule has 4 fully saturated rings. The van der Waals surface area contributed by atoms with Gasteiger partial charge in [0.25, 0.3) is 41.4 Å². The number of benzene rings is 3. The maximum atomic E-state index is 14.1. The van der Waals surface area contributed by atoms with Gasteiger partial charge in [0.2, 0.25) is 15.9 Å². The van der Waals surface area contributed by atoms with Gasteiger partial charge in [0, 0.05) is 201 Å². The van der Waals surface area contributed by atoms with Crippen LogP contribution in [0.1, 0.15) is 199 Å². The Morgan fingerprint density at radius 2 is 0.729 bits per heavy atom. The van der Waals surface area contributed by atoms with Gasteiger partial charge in [-0.3, -0.25) is 53.0 Å². The van der Waals surface area contributed by atoms with Crippen molar-refractivity contribution in [2.24, 2.45) is 5.41 Å². The number of nitrogens with one attached hydrogen (secondary N) is 6. The van der Waals surface area contributed by atoms with E-state index in [1.54, 1.807) is 133 Å². The summed E-state index contributed by atoms with van der Waals surface area (Å²) in [4.78, 5) is 130. The van der Waals surface area contributed by atoms with Crippen molar-refractivity contribution in [1.82, 2.24) is 99.0 Å². The van der Waals surface area contributed by atoms with E-state index in [1.807, 2.05) is 150 Å². The molecule has 3 aromatic carbocycles. The number of carbonyl (C=O) groups is 8. The molecule has 133 heavy (non-hydrogen) atoms. The molecule has 0 radical (unpaired) electrons. The van der Waals surface area contributed by atoms with Crippen molar-refractivity contribution >= 4 is 112 Å². The highest BCUT2D eigenvalue weighted by Crippen LogP contribution is 2.34. The van der Waals surface area contributed by atoms with Crippen LogP contribution >= 0.6 is 0 Å². The van der Waals surface area contributed by atoms with Crippen molar-refractivity contribution in [1.29, 1.82) is 0 Å². The Morgan fingerprint density at radius 1 is 0.391 bits per heavy atom. The van der Waals surface area contributed by atoms with E-state index in [2.05, 4.69) is 61.1 Å². The molecule has 14 heterocycles. The molecule has 0 bridgehead atoms. The van der Waals surface area contributed by atoms with Crippen molar-refractivity contribution in [3.8, 4) is 22.7 Å². The second kappa shape index (κ2) is 40.3. The third-order valence-corrected chi connectivity index (χ3v) is 25.4. The number of sulfonamides is 1. The predicted octanol–water partition coefficient (Wildman–Crippen LogP) is 14.3. The number of hydrogen-bond donors (Lipinski definition) is 6. The zero-order valence-corrected chi connectivity index (χ0v) is 77.1. The number of likely N-dealkylation sites (tertiary alicyclic amines) is 4. The van der Waals surface area contributed by atoms with Gasteiger partial charge in [-0.05, 0) is 213 Å². The largest absolute Gasteiger partial charge is 0.354 e. The molecule has 0 unspecified atom stereocenters. The van der Waals surface area contributed by atoms with Crippen LogP contribution in [0.15, 0.2) is 189 Å². The van der Waals surface area contributed by atoms with Gasteiger partial charge in [-0.25, -0.2) is 50.6 Å². The van der Waals surface area contributed by atoms with Crippen LogP contribution in [-0.2, 0) is 14.8 Å². The van der Waals surface area contributed by atoms with Gasteiger partial charge in [0.1, 0.15) is 45.3 Å². The molecule has 698 valence electrons. The summed E-state index contributed by atoms with van der Waals surface area (Å²) < 4.78 is 88.3. The van der Waals surface area contributed by atoms with E-state index >= 15 is 0 Å². The van der Waals surface area contributed by atoms with E-state index in [-0.39, 0.29) is 66.4 Å². The highest BCUT2D eigenvalue weighted by Gasteiger charge is 2.37. The highest BCUT2D eigenvalue weighted by molar-refractivity contribution is 7.88. The van der Waals surface area contributed by atoms with Crippen molar-refractivity contribution in [3.63, 3.8) is 0 Å². The number of alkyl halides is 4. The minimum absolute atomic E-state index is 0.0639. The quantitative estimate of drug-likeness (QED) is 0.0287. The summed E-state index contributed by atoms with van der Waals surface area (Å²) in [7, 11) is -3.30. The van der Waals surface area contributed by atoms with Crippen molar-refractivity contribution in [3.05, 3.63) is 228 Å². The normalized spacial score (nSPS) is 15.9. The van der Waals surface area contributed by atoms with Gasteiger partial charge < -0.3 is 54.6 Å². The number of hydrogen-bond acceptors (Lipinski definition) is 16. The van der Waals surface area contributed by atoms with E-state index in [0.29, 0.717) is 178 Å². The number of piperidine rings is 4. The van der Waals surface area contributed by atoms with Crippen molar-refractivity contribution in [2.75, 3.05) is 84.8 Å². The first-order chi connectivity index (χ1) is 63.3. The molecule has 0 saturated carbocycles. The standard InChI is InChI=1S/C28H34FN5O3.C25H30FN5O2.C24H28FN5O4S.C21H20FN5O/c1-27(2,3)26(37)31-13-12-30-24(35)19-5-7-22(8-6-19)34-14-9-20-17-21(18-32-23(20)34)25(36)33-15-10-28(4,29)11-16-33;1-4-20(5-2)29-23(32)18-13-21(16-27-14-18)31-9-6-17-12-19(15-28-22(17)31)24(33)30-10-7-25(3,26)8-11-30;1-24(25)8-13-29(14-9-24)23(32)19-15-18-7-12-30(21(18)27-16-19)20-5-3-17(4-6-20)22(31)26-10-11-28-35(2,33)34;1-21(22)5-8-26(9-6-21)20(28)16-10-14-4-7-27(19(14)23-12-16)17-2-3-18-15(11-17)13-24-25-18/h5-9,14,17-18H,10-13,15-16H2,1-4H3,(H,30,35)(H,31,37);6,9,12-16,20H,4-5,7-8,10-11H2,1-3H3,(H,29,32);3-7,12,15-16,28H,8-11,13-14H2,1-2H3,(H,26,31);2-4,7,10-13H,5-6,8-9H2,1H3,(H,24,25). The highest BCUT2D eigenvalue weighted by atomic mass is 32.2. The monoisotopic (exact) mass is 1840 g/mol. The van der Waals surface area contributed by atoms with Gasteiger partial charge >= 0.3 is 0 Å². The molecule has 17 rings (SSSR count). The molecule has 0 spiro atoms. The van der Waals surface area contributed by atoms with E-state index in [1.165, 1.54) is 6.20 Å². The fourth-order valence-electron chi connectivity index (χ4n) is 16.1. The number of nitrogens with zero attached hydrogens (tertiary/aromatic N) is 14. The van der Waals surface area contributed by atoms with Gasteiger partial charge in [-0.2, -0.15) is 5.10 Å². The Morgan fingerprint density at radius 3 is 1.08 bits per heavy atom. The fraction of sp³-hybridized carbons (Fsp3) is 0.388. The van der Waals surface area contributed by atoms with E-state index in [4.69, 9.17) is 0 Å². The Hall–Kier alpha value is -13.6. The summed E-state index contributed by atoms with van der Waals surface area (Å²) in [6, 6.07) is 36.8. The van der Waals surface area contributed by atoms with Crippen LogP contribution in [0.5, 0.6) is 0 Å². The SMILES string of the molecule is CC1(F)CCN(C(=O)c2cnc3c(ccn3-c3ccc(C(=O)NCCNC(=O)C(C)(C)C)cc3)c2)CC1.CC1(F)CCN(C(=O)c2cnc3c(ccn3-c3ccc(C(=O)NCCNS(C)(=O)=O)cc3)c2)CC1.CC1(F)CCN(C(=O)c2cnc3c(ccn3-c3ccc4[nH]ncc4c3)c2)CC1.CCC(CC)NC(=O)c1cncc(-n2ccc3cc(C(=O)N4CCC(C)(F)CC4)cnc32)c1. The van der Waals surface area contributed by atoms with Crippen LogP contribution in [0, 0.1) is 5.41 Å². The van der Waals surface area contributed by atoms with Crippen LogP contribution in [0.25, 0.3) is 77.8 Å². The Kier molecular flexibility index (Phi) is 28.9. The Labute approximate surface area is 768 Å². The van der Waals surface area contributed by atoms with E-state index in [0.717, 1.165) is 74.3 Å². The lowest BCUT2D eigenvalue weighted by Crippen LogP contribution is -2.43. The molecular formula is C98H112F4N20O10S. The second-order valence-corrected chi connectivity index (χ2v) is 38.3. The number of fused-ring (bicyclic) bond motifs is 5. The minimum Gasteiger partial charge on any atom is -0.354 e. The second-order valence-electron chi connectivity index (χ2n) is 36.5. The predicted molar refractivity (Wildman–Crippen MR) is 502 cm³/mol. The summed E-state index contributed by atoms with van der Waals surface area (Å²) in [5, 5.41) is 22.6. The first-order valence-electron chi connectivity index (χ1n) is 44.8. The number of rotatable bonds is 21. The third-order valence-electron chi connectivity index (χ3n) is 24.7. The fourth-order valence-corrected chi connectivity index (χ4v) is 16.6. The first-order valence-corrected chi connectivity index (χ1v) is 46.7. The maximum Gasteiger partial charge on any atom is 0.255 e. The topological polar surface area (TPSA) is 357 Å². The summed E-state index contributed by atoms with van der Waals surface area (Å²) in [5.41, 5.74) is 5.24. The lowest BCUT2D eigenvalue weighted by atomic mass is 9.95. The molecule has 6 N–H and O–H groups in total. The van der Waals surface area contributed by atoms with Gasteiger partial charge in [0.15, 0.2) is 0 Å². The molecule has 13 aromatic rings. The number of aromatic amines is 1. The molecule has 30 nitrogen and oxygen atoms in total. The summed E-state index contributed by atoms with van der Waals surface area (Å²) >= 11 is 0. The number of carbonyl (C=O) groups excluding carboxylic acids is 8. The molecule has 10 aromatic heterocycles. The van der Waals surface area contributed by atoms with Crippen molar-refractivity contribution in [2.45, 2.75) is 155 Å². The Balaban J connectivity index is 0.000000143. The molecule has 8 amide bonds. The van der Waals surface area contributed by atoms with Gasteiger partial charge in [-0.1, -0.05) is 34.6 Å². The van der Waals surface area contributed by atoms with Crippen LogP contribution in [0.4, 0.5) is 17.6 Å². The molecule has 4 aliphatic rings. The average Bonchev–Trinajstić information content (AvgIpc) is 1.66. The maximum absolute atomic E-state index is 14.1. The number of H-pyrrole nitrogens is 1. The van der Waals surface area contributed by atoms with Crippen LogP contribution < -0.4 is 26.0 Å². The lowest BCUT2D eigenvalue weighted by molar-refractivity contribution is -0.128. The third kappa shape index (κ3) is 23.7. The Bertz CT molecular complexity index is 6550. The number of pyridine rings is 5. The lowest BCUT2D eigenvalue weighted by Gasteiger charge is -2.34. The molecule has 0 atom stereocenters. The van der Waals surface area contributed by atoms with E-state index < -0.39 is 38.1 Å². The van der Waals surface area contributed by atoms with Gasteiger partial charge in [-0.15, -0.1) is 0 Å². The summed E-state index contributed by atoms with van der Waals surface area (Å²) in [5.74, 6) is -1.24. The summed E-state index contributed by atoms with van der Waals surface area (Å²) in [6.07, 6.45) is 24.4. The average molecular weight is 1840 g/mol. The van der Waals surface area contributed by atoms with Crippen LogP contribution in [0.2, 0.25) is 0 Å². The van der Waals surface area contributed by atoms with Crippen LogP contribution in [0.3, 0.4) is 0 Å². The number of aromatic nitrogens is 11. The zero-order valence-electron chi connectivity index (χ0n) is 76.3. The van der Waals surface area contributed by atoms with E-state index in [9.17, 15) is 64.3 Å². The molecule has 4 aliphatic heterocycles.